The molecule has 1 aliphatic carbocycles. The van der Waals surface area contributed by atoms with Crippen LogP contribution in [-0.4, -0.2) is 46.0 Å². The minimum absolute atomic E-state index is 0.0908. The fourth-order valence-electron chi connectivity index (χ4n) is 5.25. The number of aliphatic imine (C=N–C) groups is 1. The Hall–Kier alpha value is -3.32. The molecule has 3 rings (SSSR count). The highest BCUT2D eigenvalue weighted by atomic mass is 16.5. The molecule has 0 aromatic heterocycles. The van der Waals surface area contributed by atoms with Crippen molar-refractivity contribution in [3.05, 3.63) is 64.3 Å². The van der Waals surface area contributed by atoms with Crippen molar-refractivity contribution in [2.75, 3.05) is 27.8 Å². The van der Waals surface area contributed by atoms with Gasteiger partial charge in [0.15, 0.2) is 11.5 Å². The van der Waals surface area contributed by atoms with Crippen LogP contribution in [0.2, 0.25) is 0 Å². The summed E-state index contributed by atoms with van der Waals surface area (Å²) < 4.78 is 11.2. The number of benzene rings is 2. The molecule has 7 heteroatoms. The minimum Gasteiger partial charge on any atom is -0.493 e. The fourth-order valence-corrected chi connectivity index (χ4v) is 5.25. The molecule has 4 N–H and O–H groups in total. The third kappa shape index (κ3) is 6.72. The van der Waals surface area contributed by atoms with Crippen molar-refractivity contribution in [2.45, 2.75) is 64.5 Å². The van der Waals surface area contributed by atoms with E-state index in [2.05, 4.69) is 40.7 Å². The molecule has 3 atom stereocenters. The van der Waals surface area contributed by atoms with Crippen molar-refractivity contribution in [1.29, 1.82) is 0 Å². The molecule has 200 valence electrons. The molecule has 0 radical (unpaired) electrons. The van der Waals surface area contributed by atoms with Gasteiger partial charge < -0.3 is 25.8 Å². The second-order valence-electron chi connectivity index (χ2n) is 9.70. The van der Waals surface area contributed by atoms with E-state index >= 15 is 0 Å². The topological polar surface area (TPSA) is 98.0 Å². The Morgan fingerprint density at radius 1 is 1.19 bits per heavy atom. The molecule has 0 bridgehead atoms. The molecular formula is C30H42N4O3. The van der Waals surface area contributed by atoms with Crippen LogP contribution in [0, 0.1) is 6.92 Å². The van der Waals surface area contributed by atoms with E-state index in [1.807, 2.05) is 26.0 Å². The van der Waals surface area contributed by atoms with Gasteiger partial charge in [-0.15, -0.1) is 0 Å². The molecule has 0 aliphatic heterocycles. The standard InChI is InChI=1S/C30H42N4O3/c1-7-33-25-10-8-9-21(13-25)22-12-11-19(2)26(14-22)30(35)34-20(3)23-15-27(24(17-31)18-32-4)29(37-6)28(16-23)36-5/h11-12,14-18,20-21,25,33H,7-10,13,31H2,1-6H3,(H,34,35)/t20-,21?,25?/m1/s1. The Kier molecular flexibility index (Phi) is 10.1. The van der Waals surface area contributed by atoms with Crippen LogP contribution < -0.4 is 25.8 Å². The molecule has 1 aliphatic rings. The molecule has 0 spiro atoms. The summed E-state index contributed by atoms with van der Waals surface area (Å²) >= 11 is 0. The zero-order chi connectivity index (χ0) is 26.9. The third-order valence-corrected chi connectivity index (χ3v) is 7.25. The Bertz CT molecular complexity index is 1140. The second kappa shape index (κ2) is 13.3. The summed E-state index contributed by atoms with van der Waals surface area (Å²) in [4.78, 5) is 17.6. The maximum atomic E-state index is 13.5. The molecule has 2 unspecified atom stereocenters. The first-order chi connectivity index (χ1) is 17.9. The van der Waals surface area contributed by atoms with Crippen LogP contribution >= 0.6 is 0 Å². The SMILES string of the molecule is CCNC1CCCC(c2ccc(C)c(C(=O)N[C@H](C)c3cc(OC)c(OC)c(C(C=NC)=CN)c3)c2)C1. The van der Waals surface area contributed by atoms with E-state index in [0.717, 1.165) is 41.6 Å². The summed E-state index contributed by atoms with van der Waals surface area (Å²) in [6.45, 7) is 7.10. The number of allylic oxidation sites excluding steroid dienone is 1. The quantitative estimate of drug-likeness (QED) is 0.388. The molecule has 1 fully saturated rings. The predicted molar refractivity (Wildman–Crippen MR) is 152 cm³/mol. The number of rotatable bonds is 10. The number of carbonyl (C=O) groups excluding carboxylic acids is 1. The first-order valence-corrected chi connectivity index (χ1v) is 13.1. The summed E-state index contributed by atoms with van der Waals surface area (Å²) in [6, 6.07) is 10.5. The van der Waals surface area contributed by atoms with Gasteiger partial charge in [-0.1, -0.05) is 25.5 Å². The second-order valence-corrected chi connectivity index (χ2v) is 9.70. The van der Waals surface area contributed by atoms with E-state index < -0.39 is 0 Å². The Morgan fingerprint density at radius 3 is 2.62 bits per heavy atom. The smallest absolute Gasteiger partial charge is 0.252 e. The van der Waals surface area contributed by atoms with Crippen LogP contribution in [0.5, 0.6) is 11.5 Å². The predicted octanol–water partition coefficient (Wildman–Crippen LogP) is 5.14. The molecule has 7 nitrogen and oxygen atoms in total. The van der Waals surface area contributed by atoms with E-state index in [4.69, 9.17) is 15.2 Å². The molecule has 37 heavy (non-hydrogen) atoms. The zero-order valence-corrected chi connectivity index (χ0v) is 23.1. The first kappa shape index (κ1) is 28.3. The number of ether oxygens (including phenoxy) is 2. The average Bonchev–Trinajstić information content (AvgIpc) is 2.91. The molecule has 0 heterocycles. The van der Waals surface area contributed by atoms with Crippen LogP contribution in [0.4, 0.5) is 0 Å². The van der Waals surface area contributed by atoms with Crippen LogP contribution in [0.15, 0.2) is 41.5 Å². The Morgan fingerprint density at radius 2 is 1.97 bits per heavy atom. The van der Waals surface area contributed by atoms with Crippen molar-refractivity contribution in [1.82, 2.24) is 10.6 Å². The molecule has 0 saturated heterocycles. The summed E-state index contributed by atoms with van der Waals surface area (Å²) in [7, 11) is 4.87. The number of methoxy groups -OCH3 is 2. The van der Waals surface area contributed by atoms with Crippen LogP contribution in [0.25, 0.3) is 5.57 Å². The van der Waals surface area contributed by atoms with E-state index in [1.54, 1.807) is 27.5 Å². The van der Waals surface area contributed by atoms with Gasteiger partial charge in [-0.2, -0.15) is 0 Å². The van der Waals surface area contributed by atoms with E-state index in [9.17, 15) is 4.79 Å². The lowest BCUT2D eigenvalue weighted by molar-refractivity contribution is 0.0939. The summed E-state index contributed by atoms with van der Waals surface area (Å²) in [5.41, 5.74) is 11.1. The van der Waals surface area contributed by atoms with Crippen LogP contribution in [-0.2, 0) is 0 Å². The maximum absolute atomic E-state index is 13.5. The third-order valence-electron chi connectivity index (χ3n) is 7.25. The Balaban J connectivity index is 1.87. The molecule has 1 amide bonds. The number of aryl methyl sites for hydroxylation is 1. The van der Waals surface area contributed by atoms with Crippen molar-refractivity contribution in [3.8, 4) is 11.5 Å². The number of nitrogens with zero attached hydrogens (tertiary/aromatic N) is 1. The van der Waals surface area contributed by atoms with E-state index in [1.165, 1.54) is 24.6 Å². The fraction of sp³-hybridized carbons (Fsp3) is 0.467. The monoisotopic (exact) mass is 506 g/mol. The minimum atomic E-state index is -0.278. The highest BCUT2D eigenvalue weighted by molar-refractivity contribution is 6.11. The zero-order valence-electron chi connectivity index (χ0n) is 23.1. The van der Waals surface area contributed by atoms with Gasteiger partial charge in [-0.05, 0) is 80.5 Å². The number of carbonyl (C=O) groups is 1. The van der Waals surface area contributed by atoms with Crippen LogP contribution in [0.3, 0.4) is 0 Å². The van der Waals surface area contributed by atoms with Crippen molar-refractivity contribution < 1.29 is 14.3 Å². The lowest BCUT2D eigenvalue weighted by Crippen LogP contribution is -2.33. The Labute approximate surface area is 221 Å². The number of hydrogen-bond donors (Lipinski definition) is 3. The lowest BCUT2D eigenvalue weighted by atomic mass is 9.80. The van der Waals surface area contributed by atoms with Gasteiger partial charge in [0, 0.05) is 42.2 Å². The highest BCUT2D eigenvalue weighted by Gasteiger charge is 2.24. The van der Waals surface area contributed by atoms with Crippen molar-refractivity contribution in [3.63, 3.8) is 0 Å². The molecular weight excluding hydrogens is 464 g/mol. The normalized spacial score (nSPS) is 19.0. The van der Waals surface area contributed by atoms with E-state index in [0.29, 0.717) is 29.0 Å². The van der Waals surface area contributed by atoms with Gasteiger partial charge in [0.25, 0.3) is 5.91 Å². The van der Waals surface area contributed by atoms with Gasteiger partial charge in [-0.25, -0.2) is 0 Å². The summed E-state index contributed by atoms with van der Waals surface area (Å²) in [6.07, 6.45) is 7.86. The van der Waals surface area contributed by atoms with Gasteiger partial charge >= 0.3 is 0 Å². The van der Waals surface area contributed by atoms with E-state index in [-0.39, 0.29) is 11.9 Å². The number of hydrogen-bond acceptors (Lipinski definition) is 6. The van der Waals surface area contributed by atoms with Crippen molar-refractivity contribution in [2.24, 2.45) is 10.7 Å². The van der Waals surface area contributed by atoms with Gasteiger partial charge in [0.1, 0.15) is 0 Å². The number of nitrogens with two attached hydrogens (primary N) is 1. The molecule has 2 aromatic carbocycles. The average molecular weight is 507 g/mol. The lowest BCUT2D eigenvalue weighted by Gasteiger charge is -2.30. The molecule has 2 aromatic rings. The summed E-state index contributed by atoms with van der Waals surface area (Å²) in [5.74, 6) is 1.50. The number of nitrogens with one attached hydrogen (secondary N) is 2. The largest absolute Gasteiger partial charge is 0.493 e. The first-order valence-electron chi connectivity index (χ1n) is 13.1. The van der Waals surface area contributed by atoms with Crippen molar-refractivity contribution >= 4 is 17.7 Å². The van der Waals surface area contributed by atoms with Crippen LogP contribution in [0.1, 0.15) is 84.1 Å². The maximum Gasteiger partial charge on any atom is 0.252 e. The number of amides is 1. The summed E-state index contributed by atoms with van der Waals surface area (Å²) in [5, 5.41) is 6.79. The highest BCUT2D eigenvalue weighted by Crippen LogP contribution is 2.38. The molecule has 1 saturated carbocycles. The van der Waals surface area contributed by atoms with Gasteiger partial charge in [-0.3, -0.25) is 9.79 Å². The van der Waals surface area contributed by atoms with Gasteiger partial charge in [0.05, 0.1) is 20.3 Å². The van der Waals surface area contributed by atoms with Gasteiger partial charge in [0.2, 0.25) is 0 Å².